The van der Waals surface area contributed by atoms with Crippen LogP contribution in [0, 0.1) is 17.8 Å². The third-order valence-corrected chi connectivity index (χ3v) is 19.0. The number of unbranched alkanes of at least 4 members (excludes halogenated alkanes) is 40. The van der Waals surface area contributed by atoms with E-state index in [1.165, 1.54) is 186 Å². The maximum absolute atomic E-state index is 13.1. The molecule has 17 nitrogen and oxygen atoms in total. The third-order valence-electron chi connectivity index (χ3n) is 17.1. The summed E-state index contributed by atoms with van der Waals surface area (Å²) in [5, 5.41) is 10.6. The van der Waals surface area contributed by atoms with Gasteiger partial charge < -0.3 is 33.8 Å². The zero-order valence-electron chi connectivity index (χ0n) is 60.7. The minimum absolute atomic E-state index is 0.102. The molecule has 0 aromatic heterocycles. The molecule has 5 atom stereocenters. The molecule has 0 heterocycles. The number of hydrogen-bond acceptors (Lipinski definition) is 15. The first kappa shape index (κ1) is 91.1. The summed E-state index contributed by atoms with van der Waals surface area (Å²) in [6, 6.07) is 0. The van der Waals surface area contributed by atoms with Gasteiger partial charge in [0, 0.05) is 25.7 Å². The van der Waals surface area contributed by atoms with Crippen LogP contribution < -0.4 is 0 Å². The topological polar surface area (TPSA) is 237 Å². The summed E-state index contributed by atoms with van der Waals surface area (Å²) < 4.78 is 68.3. The van der Waals surface area contributed by atoms with Crippen LogP contribution in [-0.4, -0.2) is 96.7 Å². The van der Waals surface area contributed by atoms with Gasteiger partial charge in [-0.15, -0.1) is 0 Å². The van der Waals surface area contributed by atoms with Gasteiger partial charge in [0.15, 0.2) is 12.2 Å². The highest BCUT2D eigenvalue weighted by Gasteiger charge is 2.30. The standard InChI is InChI=1S/C74H144O17P2/c1-8-9-10-11-12-26-33-41-48-55-71(76)84-62-70(91-74(79)58-51-44-37-36-40-47-54-67(6)7)64-89-93(82,83)87-60-68(75)59-86-92(80,81)88-63-69(61-85-72(77)56-49-42-34-29-24-21-17-19-23-28-32-39-46-53-66(4)5)90-73(78)57-50-43-35-30-25-20-16-14-13-15-18-22-27-31-38-45-52-65(2)3/h65-70,75H,8-64H2,1-7H3,(H,80,81)(H,82,83)/t68-,69-,70-/m1/s1. The van der Waals surface area contributed by atoms with Crippen molar-refractivity contribution >= 4 is 39.5 Å². The molecule has 0 saturated heterocycles. The minimum atomic E-state index is -4.96. The van der Waals surface area contributed by atoms with Crippen LogP contribution in [0.5, 0.6) is 0 Å². The molecule has 19 heteroatoms. The number of carbonyl (C=O) groups excluding carboxylic acids is 4. The number of aliphatic hydroxyl groups is 1. The number of phosphoric acid groups is 2. The first-order valence-electron chi connectivity index (χ1n) is 38.3. The monoisotopic (exact) mass is 1370 g/mol. The van der Waals surface area contributed by atoms with Crippen molar-refractivity contribution in [3.05, 3.63) is 0 Å². The minimum Gasteiger partial charge on any atom is -0.462 e. The van der Waals surface area contributed by atoms with Crippen LogP contribution in [0.1, 0.15) is 376 Å². The van der Waals surface area contributed by atoms with Crippen molar-refractivity contribution < 1.29 is 80.2 Å². The van der Waals surface area contributed by atoms with Gasteiger partial charge in [0.05, 0.1) is 26.4 Å². The number of carbonyl (C=O) groups is 4. The molecule has 0 fully saturated rings. The van der Waals surface area contributed by atoms with E-state index in [0.717, 1.165) is 102 Å². The van der Waals surface area contributed by atoms with E-state index in [1.807, 2.05) is 0 Å². The zero-order valence-corrected chi connectivity index (χ0v) is 62.5. The summed E-state index contributed by atoms with van der Waals surface area (Å²) in [4.78, 5) is 72.6. The molecule has 0 aliphatic rings. The SMILES string of the molecule is CCCCCCCCCCCC(=O)OC[C@H](COP(=O)(O)OC[C@H](O)COP(=O)(O)OC[C@@H](COC(=O)CCCCCCCCCCCCCCCC(C)C)OC(=O)CCCCCCCCCCCCCCCCCCC(C)C)OC(=O)CCCCCCCCC(C)C. The Morgan fingerprint density at radius 1 is 0.290 bits per heavy atom. The van der Waals surface area contributed by atoms with E-state index in [-0.39, 0.29) is 25.7 Å². The van der Waals surface area contributed by atoms with Crippen LogP contribution in [0.15, 0.2) is 0 Å². The quantitative estimate of drug-likeness (QED) is 0.0222. The maximum atomic E-state index is 13.1. The molecular weight excluding hydrogens is 1220 g/mol. The molecular formula is C74H144O17P2. The Bertz CT molecular complexity index is 1820. The molecule has 0 saturated carbocycles. The predicted molar refractivity (Wildman–Crippen MR) is 377 cm³/mol. The molecule has 0 aliphatic carbocycles. The van der Waals surface area contributed by atoms with Crippen LogP contribution in [-0.2, 0) is 65.4 Å². The maximum Gasteiger partial charge on any atom is 0.472 e. The number of hydrogen-bond donors (Lipinski definition) is 3. The molecule has 0 aliphatic heterocycles. The number of esters is 4. The molecule has 3 N–H and O–H groups in total. The Morgan fingerprint density at radius 2 is 0.495 bits per heavy atom. The first-order chi connectivity index (χ1) is 44.7. The lowest BCUT2D eigenvalue weighted by Gasteiger charge is -2.21. The van der Waals surface area contributed by atoms with E-state index in [2.05, 4.69) is 48.5 Å². The van der Waals surface area contributed by atoms with Gasteiger partial charge in [-0.25, -0.2) is 9.13 Å². The highest BCUT2D eigenvalue weighted by Crippen LogP contribution is 2.45. The fraction of sp³-hybridized carbons (Fsp3) is 0.946. The van der Waals surface area contributed by atoms with E-state index < -0.39 is 97.5 Å². The van der Waals surface area contributed by atoms with Gasteiger partial charge in [-0.2, -0.15) is 0 Å². The van der Waals surface area contributed by atoms with Crippen LogP contribution in [0.3, 0.4) is 0 Å². The molecule has 0 rings (SSSR count). The average Bonchev–Trinajstić information content (AvgIpc) is 2.18. The molecule has 552 valence electrons. The van der Waals surface area contributed by atoms with Crippen molar-refractivity contribution in [2.24, 2.45) is 17.8 Å². The van der Waals surface area contributed by atoms with E-state index in [4.69, 9.17) is 37.0 Å². The Kier molecular flexibility index (Phi) is 63.4. The van der Waals surface area contributed by atoms with Crippen LogP contribution in [0.2, 0.25) is 0 Å². The highest BCUT2D eigenvalue weighted by atomic mass is 31.2. The second kappa shape index (κ2) is 64.7. The summed E-state index contributed by atoms with van der Waals surface area (Å²) in [5.74, 6) is 0.144. The molecule has 2 unspecified atom stereocenters. The number of aliphatic hydroxyl groups excluding tert-OH is 1. The van der Waals surface area contributed by atoms with Crippen molar-refractivity contribution in [3.8, 4) is 0 Å². The normalized spacial score (nSPS) is 14.1. The lowest BCUT2D eigenvalue weighted by atomic mass is 10.0. The molecule has 0 bridgehead atoms. The smallest absolute Gasteiger partial charge is 0.462 e. The van der Waals surface area contributed by atoms with Gasteiger partial charge >= 0.3 is 39.5 Å². The summed E-state index contributed by atoms with van der Waals surface area (Å²) in [6.45, 7) is 11.8. The number of rotatable bonds is 72. The van der Waals surface area contributed by atoms with Crippen LogP contribution in [0.4, 0.5) is 0 Å². The second-order valence-electron chi connectivity index (χ2n) is 28.1. The molecule has 0 aromatic carbocycles. The summed E-state index contributed by atoms with van der Waals surface area (Å²) in [7, 11) is -9.90. The van der Waals surface area contributed by atoms with E-state index >= 15 is 0 Å². The lowest BCUT2D eigenvalue weighted by Crippen LogP contribution is -2.30. The van der Waals surface area contributed by atoms with E-state index in [1.54, 1.807) is 0 Å². The highest BCUT2D eigenvalue weighted by molar-refractivity contribution is 7.47. The summed E-state index contributed by atoms with van der Waals surface area (Å²) in [6.07, 6.45) is 50.2. The van der Waals surface area contributed by atoms with Crippen molar-refractivity contribution in [2.45, 2.75) is 394 Å². The van der Waals surface area contributed by atoms with Crippen molar-refractivity contribution in [2.75, 3.05) is 39.6 Å². The van der Waals surface area contributed by atoms with Gasteiger partial charge in [-0.05, 0) is 43.4 Å². The first-order valence-corrected chi connectivity index (χ1v) is 41.3. The van der Waals surface area contributed by atoms with Gasteiger partial charge in [-0.3, -0.25) is 37.3 Å². The molecule has 0 spiro atoms. The van der Waals surface area contributed by atoms with Gasteiger partial charge in [-0.1, -0.05) is 325 Å². The third kappa shape index (κ3) is 68.4. The molecule has 0 amide bonds. The largest absolute Gasteiger partial charge is 0.472 e. The lowest BCUT2D eigenvalue weighted by molar-refractivity contribution is -0.161. The Hall–Kier alpha value is -1.94. The van der Waals surface area contributed by atoms with Gasteiger partial charge in [0.1, 0.15) is 19.3 Å². The second-order valence-corrected chi connectivity index (χ2v) is 31.0. The summed E-state index contributed by atoms with van der Waals surface area (Å²) in [5.41, 5.74) is 0. The van der Waals surface area contributed by atoms with Crippen molar-refractivity contribution in [3.63, 3.8) is 0 Å². The Balaban J connectivity index is 5.20. The van der Waals surface area contributed by atoms with Gasteiger partial charge in [0.2, 0.25) is 0 Å². The molecule has 0 aromatic rings. The zero-order chi connectivity index (χ0) is 68.7. The van der Waals surface area contributed by atoms with Crippen molar-refractivity contribution in [1.29, 1.82) is 0 Å². The predicted octanol–water partition coefficient (Wildman–Crippen LogP) is 21.4. The number of phosphoric ester groups is 2. The van der Waals surface area contributed by atoms with Crippen LogP contribution >= 0.6 is 15.6 Å². The Morgan fingerprint density at radius 3 is 0.731 bits per heavy atom. The van der Waals surface area contributed by atoms with E-state index in [9.17, 15) is 43.2 Å². The van der Waals surface area contributed by atoms with E-state index in [0.29, 0.717) is 31.6 Å². The molecule has 0 radical (unpaired) electrons. The average molecular weight is 1370 g/mol. The van der Waals surface area contributed by atoms with Crippen molar-refractivity contribution in [1.82, 2.24) is 0 Å². The number of ether oxygens (including phenoxy) is 4. The van der Waals surface area contributed by atoms with Crippen LogP contribution in [0.25, 0.3) is 0 Å². The van der Waals surface area contributed by atoms with Gasteiger partial charge in [0.25, 0.3) is 0 Å². The fourth-order valence-corrected chi connectivity index (χ4v) is 12.8. The summed E-state index contributed by atoms with van der Waals surface area (Å²) >= 11 is 0. The molecule has 93 heavy (non-hydrogen) atoms. The fourth-order valence-electron chi connectivity index (χ4n) is 11.2. The Labute approximate surface area is 568 Å².